The molecule has 3 aromatic rings. The zero-order valence-corrected chi connectivity index (χ0v) is 18.5. The Morgan fingerprint density at radius 2 is 1.65 bits per heavy atom. The van der Waals surface area contributed by atoms with Gasteiger partial charge in [-0.1, -0.05) is 30.3 Å². The van der Waals surface area contributed by atoms with Gasteiger partial charge in [-0.3, -0.25) is 14.4 Å². The van der Waals surface area contributed by atoms with Crippen LogP contribution in [0.5, 0.6) is 5.75 Å². The van der Waals surface area contributed by atoms with Crippen molar-refractivity contribution < 1.29 is 23.9 Å². The number of hydrogen-bond donors (Lipinski definition) is 2. The Hall–Kier alpha value is -4.17. The van der Waals surface area contributed by atoms with Gasteiger partial charge in [0.1, 0.15) is 12.4 Å². The smallest absolute Gasteiger partial charge is 0.255 e. The van der Waals surface area contributed by atoms with Crippen LogP contribution in [0.25, 0.3) is 0 Å². The van der Waals surface area contributed by atoms with Crippen LogP contribution in [0, 0.1) is 0 Å². The van der Waals surface area contributed by atoms with Crippen LogP contribution in [0.4, 0.5) is 5.69 Å². The van der Waals surface area contributed by atoms with E-state index >= 15 is 0 Å². The van der Waals surface area contributed by atoms with Gasteiger partial charge in [0, 0.05) is 29.9 Å². The van der Waals surface area contributed by atoms with Gasteiger partial charge in [0.15, 0.2) is 0 Å². The van der Waals surface area contributed by atoms with E-state index < -0.39 is 5.91 Å². The van der Waals surface area contributed by atoms with Crippen molar-refractivity contribution in [2.24, 2.45) is 5.73 Å². The Balaban J connectivity index is 1.42. The normalized spacial score (nSPS) is 13.2. The third-order valence-corrected chi connectivity index (χ3v) is 5.40. The number of primary amides is 1. The Bertz CT molecular complexity index is 1200. The fourth-order valence-corrected chi connectivity index (χ4v) is 3.64. The molecule has 1 saturated heterocycles. The number of benzene rings is 3. The second-order valence-corrected chi connectivity index (χ2v) is 7.79. The lowest BCUT2D eigenvalue weighted by Crippen LogP contribution is -2.40. The molecule has 0 unspecified atom stereocenters. The molecule has 174 valence electrons. The largest absolute Gasteiger partial charge is 0.488 e. The molecule has 8 nitrogen and oxygen atoms in total. The first kappa shape index (κ1) is 23.0. The number of nitrogens with one attached hydrogen (secondary N) is 1. The summed E-state index contributed by atoms with van der Waals surface area (Å²) in [6.07, 6.45) is 0. The minimum absolute atomic E-state index is 0.0882. The van der Waals surface area contributed by atoms with Crippen molar-refractivity contribution >= 4 is 23.4 Å². The maximum atomic E-state index is 12.8. The van der Waals surface area contributed by atoms with Gasteiger partial charge in [0.2, 0.25) is 0 Å². The highest BCUT2D eigenvalue weighted by Crippen LogP contribution is 2.20. The summed E-state index contributed by atoms with van der Waals surface area (Å²) in [5.74, 6) is -0.588. The third-order valence-electron chi connectivity index (χ3n) is 5.40. The molecule has 3 amide bonds. The van der Waals surface area contributed by atoms with Crippen LogP contribution in [0.1, 0.15) is 36.6 Å². The second kappa shape index (κ2) is 10.6. The summed E-state index contributed by atoms with van der Waals surface area (Å²) in [6.45, 7) is 2.31. The lowest BCUT2D eigenvalue weighted by Gasteiger charge is -2.27. The summed E-state index contributed by atoms with van der Waals surface area (Å²) < 4.78 is 11.1. The molecule has 8 heteroatoms. The Morgan fingerprint density at radius 1 is 0.912 bits per heavy atom. The number of carbonyl (C=O) groups excluding carboxylic acids is 3. The van der Waals surface area contributed by atoms with Gasteiger partial charge < -0.3 is 25.4 Å². The SMILES string of the molecule is NC(=O)c1ccccc1OCc1cccc(C(=O)Nc2cccc(C(=O)N3CCOCC3)c2)c1. The van der Waals surface area contributed by atoms with Crippen molar-refractivity contribution in [2.45, 2.75) is 6.61 Å². The lowest BCUT2D eigenvalue weighted by molar-refractivity contribution is 0.0303. The Labute approximate surface area is 197 Å². The number of nitrogens with two attached hydrogens (primary N) is 1. The van der Waals surface area contributed by atoms with Crippen LogP contribution in [-0.4, -0.2) is 48.9 Å². The number of carbonyl (C=O) groups is 3. The van der Waals surface area contributed by atoms with Gasteiger partial charge >= 0.3 is 0 Å². The topological polar surface area (TPSA) is 111 Å². The number of rotatable bonds is 7. The van der Waals surface area contributed by atoms with Crippen LogP contribution >= 0.6 is 0 Å². The summed E-state index contributed by atoms with van der Waals surface area (Å²) in [4.78, 5) is 38.9. The van der Waals surface area contributed by atoms with Gasteiger partial charge in [0.05, 0.1) is 18.8 Å². The zero-order chi connectivity index (χ0) is 23.9. The number of nitrogens with zero attached hydrogens (tertiary/aromatic N) is 1. The minimum Gasteiger partial charge on any atom is -0.488 e. The zero-order valence-electron chi connectivity index (χ0n) is 18.5. The molecule has 0 bridgehead atoms. The number of para-hydroxylation sites is 1. The molecule has 1 aliphatic heterocycles. The van der Waals surface area contributed by atoms with E-state index in [1.807, 2.05) is 6.07 Å². The molecule has 0 spiro atoms. The van der Waals surface area contributed by atoms with Crippen molar-refractivity contribution in [1.82, 2.24) is 4.90 Å². The number of hydrogen-bond acceptors (Lipinski definition) is 5. The molecular weight excluding hydrogens is 434 g/mol. The summed E-state index contributed by atoms with van der Waals surface area (Å²) in [5, 5.41) is 2.85. The second-order valence-electron chi connectivity index (χ2n) is 7.79. The Morgan fingerprint density at radius 3 is 2.44 bits per heavy atom. The number of morpholine rings is 1. The molecule has 0 atom stereocenters. The van der Waals surface area contributed by atoms with Crippen molar-refractivity contribution in [3.63, 3.8) is 0 Å². The van der Waals surface area contributed by atoms with E-state index in [9.17, 15) is 14.4 Å². The van der Waals surface area contributed by atoms with Crippen molar-refractivity contribution in [2.75, 3.05) is 31.6 Å². The van der Waals surface area contributed by atoms with Crippen LogP contribution in [0.2, 0.25) is 0 Å². The number of amides is 3. The van der Waals surface area contributed by atoms with Crippen molar-refractivity contribution in [3.8, 4) is 5.75 Å². The quantitative estimate of drug-likeness (QED) is 0.564. The summed E-state index contributed by atoms with van der Waals surface area (Å²) in [7, 11) is 0. The first-order valence-corrected chi connectivity index (χ1v) is 10.9. The van der Waals surface area contributed by atoms with Crippen LogP contribution in [0.15, 0.2) is 72.8 Å². The third kappa shape index (κ3) is 5.60. The van der Waals surface area contributed by atoms with Crippen LogP contribution in [-0.2, 0) is 11.3 Å². The minimum atomic E-state index is -0.571. The standard InChI is InChI=1S/C26H25N3O5/c27-24(30)22-9-1-2-10-23(22)34-17-18-5-3-6-19(15-18)25(31)28-21-8-4-7-20(16-21)26(32)29-11-13-33-14-12-29/h1-10,15-16H,11-14,17H2,(H2,27,30)(H,28,31). The van der Waals surface area contributed by atoms with Crippen molar-refractivity contribution in [3.05, 3.63) is 95.1 Å². The summed E-state index contributed by atoms with van der Waals surface area (Å²) >= 11 is 0. The van der Waals surface area contributed by atoms with E-state index in [4.69, 9.17) is 15.2 Å². The van der Waals surface area contributed by atoms with E-state index in [0.29, 0.717) is 54.4 Å². The molecule has 4 rings (SSSR count). The van der Waals surface area contributed by atoms with Gasteiger partial charge in [-0.15, -0.1) is 0 Å². The molecule has 1 aliphatic rings. The first-order chi connectivity index (χ1) is 16.5. The number of ether oxygens (including phenoxy) is 2. The maximum Gasteiger partial charge on any atom is 0.255 e. The molecule has 0 radical (unpaired) electrons. The van der Waals surface area contributed by atoms with Crippen molar-refractivity contribution in [1.29, 1.82) is 0 Å². The van der Waals surface area contributed by atoms with Gasteiger partial charge in [0.25, 0.3) is 17.7 Å². The van der Waals surface area contributed by atoms with Gasteiger partial charge in [-0.05, 0) is 48.0 Å². The Kier molecular flexibility index (Phi) is 7.19. The fourth-order valence-electron chi connectivity index (χ4n) is 3.64. The molecular formula is C26H25N3O5. The molecule has 0 aliphatic carbocycles. The van der Waals surface area contributed by atoms with E-state index in [1.54, 1.807) is 71.6 Å². The van der Waals surface area contributed by atoms with Crippen LogP contribution in [0.3, 0.4) is 0 Å². The monoisotopic (exact) mass is 459 g/mol. The highest BCUT2D eigenvalue weighted by molar-refractivity contribution is 6.05. The van der Waals surface area contributed by atoms with Gasteiger partial charge in [-0.25, -0.2) is 0 Å². The predicted octanol–water partition coefficient (Wildman–Crippen LogP) is 3.09. The maximum absolute atomic E-state index is 12.8. The predicted molar refractivity (Wildman–Crippen MR) is 127 cm³/mol. The highest BCUT2D eigenvalue weighted by atomic mass is 16.5. The molecule has 34 heavy (non-hydrogen) atoms. The highest BCUT2D eigenvalue weighted by Gasteiger charge is 2.19. The molecule has 0 saturated carbocycles. The molecule has 1 fully saturated rings. The average molecular weight is 460 g/mol. The molecule has 3 N–H and O–H groups in total. The number of anilines is 1. The summed E-state index contributed by atoms with van der Waals surface area (Å²) in [6, 6.07) is 20.6. The molecule has 1 heterocycles. The average Bonchev–Trinajstić information content (AvgIpc) is 2.88. The lowest BCUT2D eigenvalue weighted by atomic mass is 10.1. The summed E-state index contributed by atoms with van der Waals surface area (Å²) in [5.41, 5.74) is 7.92. The first-order valence-electron chi connectivity index (χ1n) is 10.9. The molecule has 0 aromatic heterocycles. The van der Waals surface area contributed by atoms with Crippen LogP contribution < -0.4 is 15.8 Å². The van der Waals surface area contributed by atoms with E-state index in [0.717, 1.165) is 5.56 Å². The van der Waals surface area contributed by atoms with E-state index in [2.05, 4.69) is 5.32 Å². The molecule has 3 aromatic carbocycles. The fraction of sp³-hybridized carbons (Fsp3) is 0.192. The van der Waals surface area contributed by atoms with E-state index in [1.165, 1.54) is 0 Å². The van der Waals surface area contributed by atoms with E-state index in [-0.39, 0.29) is 18.4 Å². The van der Waals surface area contributed by atoms with Gasteiger partial charge in [-0.2, -0.15) is 0 Å².